The lowest BCUT2D eigenvalue weighted by atomic mass is 9.88. The fourth-order valence-electron chi connectivity index (χ4n) is 4.11. The number of carbonyl (C=O) groups excluding carboxylic acids is 1. The van der Waals surface area contributed by atoms with Gasteiger partial charge in [-0.2, -0.15) is 0 Å². The van der Waals surface area contributed by atoms with E-state index in [9.17, 15) is 4.79 Å². The molecule has 1 aromatic heterocycles. The Balaban J connectivity index is 1.33. The number of hydrogen-bond donors (Lipinski definition) is 0. The van der Waals surface area contributed by atoms with E-state index in [2.05, 4.69) is 4.90 Å². The Bertz CT molecular complexity index is 545. The van der Waals surface area contributed by atoms with Crippen LogP contribution in [0, 0.1) is 5.92 Å². The quantitative estimate of drug-likeness (QED) is 0.841. The van der Waals surface area contributed by atoms with Crippen LogP contribution in [-0.2, 0) is 9.47 Å². The van der Waals surface area contributed by atoms with Gasteiger partial charge in [-0.1, -0.05) is 0 Å². The van der Waals surface area contributed by atoms with Crippen molar-refractivity contribution in [1.29, 1.82) is 0 Å². The summed E-state index contributed by atoms with van der Waals surface area (Å²) >= 11 is 0. The molecule has 0 radical (unpaired) electrons. The Morgan fingerprint density at radius 3 is 2.83 bits per heavy atom. The predicted molar refractivity (Wildman–Crippen MR) is 87.9 cm³/mol. The van der Waals surface area contributed by atoms with E-state index in [-0.39, 0.29) is 11.5 Å². The van der Waals surface area contributed by atoms with Gasteiger partial charge in [-0.05, 0) is 37.3 Å². The minimum Gasteiger partial charge on any atom is -0.459 e. The van der Waals surface area contributed by atoms with Crippen LogP contribution < -0.4 is 0 Å². The predicted octanol–water partition coefficient (Wildman–Crippen LogP) is 1.62. The van der Waals surface area contributed by atoms with Gasteiger partial charge in [0.2, 0.25) is 0 Å². The van der Waals surface area contributed by atoms with Crippen LogP contribution in [0.25, 0.3) is 0 Å². The first-order valence-corrected chi connectivity index (χ1v) is 9.01. The minimum absolute atomic E-state index is 0.0202. The summed E-state index contributed by atoms with van der Waals surface area (Å²) in [6.45, 7) is 6.96. The van der Waals surface area contributed by atoms with Crippen LogP contribution in [0.3, 0.4) is 0 Å². The van der Waals surface area contributed by atoms with Gasteiger partial charge in [0.15, 0.2) is 5.76 Å². The van der Waals surface area contributed by atoms with Gasteiger partial charge in [0.05, 0.1) is 31.6 Å². The molecule has 3 aliphatic heterocycles. The standard InChI is InChI=1S/C18H26N2O4/c21-17(16-2-1-9-23-16)20-8-11-24-18(14-20)4-6-19(7-5-18)12-15-3-10-22-13-15/h1-2,9,15H,3-8,10-14H2/t15-/m0/s1. The maximum atomic E-state index is 12.5. The molecule has 1 spiro atoms. The van der Waals surface area contributed by atoms with Gasteiger partial charge in [0, 0.05) is 32.8 Å². The van der Waals surface area contributed by atoms with E-state index in [1.54, 1.807) is 18.4 Å². The molecule has 4 rings (SSSR count). The number of amides is 1. The first-order valence-electron chi connectivity index (χ1n) is 9.01. The van der Waals surface area contributed by atoms with Crippen molar-refractivity contribution in [1.82, 2.24) is 9.80 Å². The Morgan fingerprint density at radius 1 is 1.25 bits per heavy atom. The van der Waals surface area contributed by atoms with E-state index >= 15 is 0 Å². The summed E-state index contributed by atoms with van der Waals surface area (Å²) < 4.78 is 16.9. The lowest BCUT2D eigenvalue weighted by Crippen LogP contribution is -2.58. The minimum atomic E-state index is -0.177. The Hall–Kier alpha value is -1.37. The summed E-state index contributed by atoms with van der Waals surface area (Å²) in [7, 11) is 0. The molecular formula is C18H26N2O4. The number of piperidine rings is 1. The SMILES string of the molecule is O=C(c1ccco1)N1CCOC2(CCN(C[C@@H]3CCOC3)CC2)C1. The smallest absolute Gasteiger partial charge is 0.289 e. The van der Waals surface area contributed by atoms with Crippen molar-refractivity contribution in [2.75, 3.05) is 52.5 Å². The molecule has 3 saturated heterocycles. The molecule has 1 aromatic rings. The van der Waals surface area contributed by atoms with Crippen LogP contribution >= 0.6 is 0 Å². The van der Waals surface area contributed by atoms with Gasteiger partial charge in [0.25, 0.3) is 5.91 Å². The Labute approximate surface area is 142 Å². The highest BCUT2D eigenvalue weighted by Gasteiger charge is 2.41. The number of carbonyl (C=O) groups is 1. The van der Waals surface area contributed by atoms with Crippen molar-refractivity contribution in [3.63, 3.8) is 0 Å². The summed E-state index contributed by atoms with van der Waals surface area (Å²) in [6, 6.07) is 3.49. The molecule has 3 fully saturated rings. The molecular weight excluding hydrogens is 308 g/mol. The van der Waals surface area contributed by atoms with Crippen molar-refractivity contribution < 1.29 is 18.7 Å². The number of nitrogens with zero attached hydrogens (tertiary/aromatic N) is 2. The van der Waals surface area contributed by atoms with Crippen molar-refractivity contribution in [3.05, 3.63) is 24.2 Å². The summed E-state index contributed by atoms with van der Waals surface area (Å²) in [5, 5.41) is 0. The third kappa shape index (κ3) is 3.36. The lowest BCUT2D eigenvalue weighted by molar-refractivity contribution is -0.128. The summed E-state index contributed by atoms with van der Waals surface area (Å²) in [6.07, 6.45) is 4.71. The maximum Gasteiger partial charge on any atom is 0.289 e. The second-order valence-electron chi connectivity index (χ2n) is 7.27. The molecule has 1 atom stereocenters. The van der Waals surface area contributed by atoms with Crippen molar-refractivity contribution >= 4 is 5.91 Å². The van der Waals surface area contributed by atoms with Crippen LogP contribution in [0.1, 0.15) is 29.8 Å². The second-order valence-corrected chi connectivity index (χ2v) is 7.27. The number of rotatable bonds is 3. The zero-order chi connectivity index (χ0) is 16.4. The molecule has 0 aliphatic carbocycles. The molecule has 3 aliphatic rings. The molecule has 0 unspecified atom stereocenters. The van der Waals surface area contributed by atoms with Gasteiger partial charge in [-0.25, -0.2) is 0 Å². The van der Waals surface area contributed by atoms with Gasteiger partial charge in [-0.3, -0.25) is 4.79 Å². The van der Waals surface area contributed by atoms with E-state index in [0.717, 1.165) is 45.7 Å². The van der Waals surface area contributed by atoms with Gasteiger partial charge in [0.1, 0.15) is 0 Å². The highest BCUT2D eigenvalue weighted by Crippen LogP contribution is 2.31. The van der Waals surface area contributed by atoms with Crippen LogP contribution in [0.4, 0.5) is 0 Å². The fraction of sp³-hybridized carbons (Fsp3) is 0.722. The van der Waals surface area contributed by atoms with Gasteiger partial charge in [-0.15, -0.1) is 0 Å². The zero-order valence-corrected chi connectivity index (χ0v) is 14.1. The highest BCUT2D eigenvalue weighted by atomic mass is 16.5. The first-order chi connectivity index (χ1) is 11.7. The molecule has 0 aromatic carbocycles. The number of hydrogen-bond acceptors (Lipinski definition) is 5. The Kier molecular flexibility index (Phi) is 4.61. The zero-order valence-electron chi connectivity index (χ0n) is 14.1. The molecule has 132 valence electrons. The third-order valence-corrected chi connectivity index (χ3v) is 5.58. The van der Waals surface area contributed by atoms with E-state index in [1.807, 2.05) is 4.90 Å². The largest absolute Gasteiger partial charge is 0.459 e. The number of ether oxygens (including phenoxy) is 2. The van der Waals surface area contributed by atoms with Crippen molar-refractivity contribution in [3.8, 4) is 0 Å². The number of morpholine rings is 1. The average Bonchev–Trinajstić information content (AvgIpc) is 3.30. The van der Waals surface area contributed by atoms with E-state index < -0.39 is 0 Å². The summed E-state index contributed by atoms with van der Waals surface area (Å²) in [4.78, 5) is 17.0. The van der Waals surface area contributed by atoms with E-state index in [1.165, 1.54) is 6.42 Å². The van der Waals surface area contributed by atoms with E-state index in [4.69, 9.17) is 13.9 Å². The van der Waals surface area contributed by atoms with Crippen molar-refractivity contribution in [2.45, 2.75) is 24.9 Å². The second kappa shape index (κ2) is 6.86. The lowest BCUT2D eigenvalue weighted by Gasteiger charge is -2.47. The Morgan fingerprint density at radius 2 is 2.12 bits per heavy atom. The van der Waals surface area contributed by atoms with Crippen LogP contribution in [-0.4, -0.2) is 73.9 Å². The van der Waals surface area contributed by atoms with Crippen LogP contribution in [0.15, 0.2) is 22.8 Å². The highest BCUT2D eigenvalue weighted by molar-refractivity contribution is 5.91. The summed E-state index contributed by atoms with van der Waals surface area (Å²) in [5.41, 5.74) is -0.177. The number of furan rings is 1. The van der Waals surface area contributed by atoms with Crippen LogP contribution in [0.2, 0.25) is 0 Å². The number of likely N-dealkylation sites (tertiary alicyclic amines) is 1. The van der Waals surface area contributed by atoms with Gasteiger partial charge < -0.3 is 23.7 Å². The molecule has 0 saturated carbocycles. The monoisotopic (exact) mass is 334 g/mol. The topological polar surface area (TPSA) is 55.2 Å². The third-order valence-electron chi connectivity index (χ3n) is 5.58. The molecule has 1 amide bonds. The molecule has 0 bridgehead atoms. The summed E-state index contributed by atoms with van der Waals surface area (Å²) in [5.74, 6) is 1.09. The fourth-order valence-corrected chi connectivity index (χ4v) is 4.11. The van der Waals surface area contributed by atoms with E-state index in [0.29, 0.717) is 31.4 Å². The molecule has 0 N–H and O–H groups in total. The molecule has 6 nitrogen and oxygen atoms in total. The van der Waals surface area contributed by atoms with Gasteiger partial charge >= 0.3 is 0 Å². The van der Waals surface area contributed by atoms with Crippen LogP contribution in [0.5, 0.6) is 0 Å². The first kappa shape index (κ1) is 16.1. The molecule has 4 heterocycles. The average molecular weight is 334 g/mol. The molecule has 6 heteroatoms. The normalized spacial score (nSPS) is 27.7. The van der Waals surface area contributed by atoms with Crippen molar-refractivity contribution in [2.24, 2.45) is 5.92 Å². The maximum absolute atomic E-state index is 12.5. The molecule has 24 heavy (non-hydrogen) atoms.